The minimum absolute atomic E-state index is 0.0860. The summed E-state index contributed by atoms with van der Waals surface area (Å²) < 4.78 is 10.2. The number of nitrogens with zero attached hydrogens (tertiary/aromatic N) is 1. The van der Waals surface area contributed by atoms with Gasteiger partial charge >= 0.3 is 5.97 Å². The van der Waals surface area contributed by atoms with Crippen LogP contribution in [0.4, 0.5) is 0 Å². The van der Waals surface area contributed by atoms with Gasteiger partial charge in [-0.3, -0.25) is 0 Å². The van der Waals surface area contributed by atoms with E-state index in [9.17, 15) is 4.79 Å². The molecule has 0 atom stereocenters. The molecule has 106 valence electrons. The second-order valence-electron chi connectivity index (χ2n) is 4.63. The lowest BCUT2D eigenvalue weighted by atomic mass is 9.95. The van der Waals surface area contributed by atoms with Crippen LogP contribution in [0.1, 0.15) is 34.2 Å². The predicted octanol–water partition coefficient (Wildman–Crippen LogP) is 3.23. The van der Waals surface area contributed by atoms with Crippen LogP contribution in [-0.2, 0) is 6.42 Å². The van der Waals surface area contributed by atoms with Crippen LogP contribution < -0.4 is 4.74 Å². The SMILES string of the molecule is CCc1c(-c2c(C)cc(OC)cc2C)noc1C(=O)O. The van der Waals surface area contributed by atoms with Gasteiger partial charge in [-0.1, -0.05) is 12.1 Å². The number of aromatic nitrogens is 1. The van der Waals surface area contributed by atoms with Gasteiger partial charge in [0.2, 0.25) is 5.76 Å². The molecule has 0 aliphatic carbocycles. The van der Waals surface area contributed by atoms with Gasteiger partial charge in [0.25, 0.3) is 0 Å². The summed E-state index contributed by atoms with van der Waals surface area (Å²) >= 11 is 0. The first kappa shape index (κ1) is 14.1. The summed E-state index contributed by atoms with van der Waals surface area (Å²) in [4.78, 5) is 11.1. The average molecular weight is 275 g/mol. The van der Waals surface area contributed by atoms with Crippen molar-refractivity contribution < 1.29 is 19.2 Å². The third-order valence-corrected chi connectivity index (χ3v) is 3.31. The maximum Gasteiger partial charge on any atom is 0.375 e. The fourth-order valence-electron chi connectivity index (χ4n) is 2.42. The Labute approximate surface area is 117 Å². The molecule has 2 aromatic rings. The molecule has 20 heavy (non-hydrogen) atoms. The van der Waals surface area contributed by atoms with Crippen LogP contribution in [0.2, 0.25) is 0 Å². The van der Waals surface area contributed by atoms with E-state index in [1.165, 1.54) is 0 Å². The summed E-state index contributed by atoms with van der Waals surface area (Å²) in [6.07, 6.45) is 0.547. The van der Waals surface area contributed by atoms with Crippen LogP contribution in [0.15, 0.2) is 16.7 Å². The Balaban J connectivity index is 2.66. The number of carboxylic acids is 1. The normalized spacial score (nSPS) is 10.6. The van der Waals surface area contributed by atoms with E-state index in [0.29, 0.717) is 17.7 Å². The standard InChI is InChI=1S/C15H17NO4/c1-5-11-13(16-20-14(11)15(17)18)12-8(2)6-10(19-4)7-9(12)3/h6-7H,5H2,1-4H3,(H,17,18). The van der Waals surface area contributed by atoms with E-state index in [1.54, 1.807) is 7.11 Å². The fourth-order valence-corrected chi connectivity index (χ4v) is 2.42. The van der Waals surface area contributed by atoms with E-state index in [2.05, 4.69) is 5.16 Å². The number of ether oxygens (including phenoxy) is 1. The second kappa shape index (κ2) is 5.36. The topological polar surface area (TPSA) is 72.6 Å². The van der Waals surface area contributed by atoms with Crippen molar-refractivity contribution >= 4 is 5.97 Å². The lowest BCUT2D eigenvalue weighted by Crippen LogP contribution is -2.00. The molecule has 0 saturated heterocycles. The maximum absolute atomic E-state index is 11.1. The number of aryl methyl sites for hydroxylation is 2. The van der Waals surface area contributed by atoms with Crippen molar-refractivity contribution in [2.45, 2.75) is 27.2 Å². The van der Waals surface area contributed by atoms with Gasteiger partial charge in [-0.05, 0) is 43.5 Å². The molecule has 0 saturated carbocycles. The van der Waals surface area contributed by atoms with Gasteiger partial charge in [-0.15, -0.1) is 0 Å². The van der Waals surface area contributed by atoms with Crippen LogP contribution in [-0.4, -0.2) is 23.3 Å². The van der Waals surface area contributed by atoms with Crippen LogP contribution in [0.25, 0.3) is 11.3 Å². The fraction of sp³-hybridized carbons (Fsp3) is 0.333. The molecular formula is C15H17NO4. The minimum atomic E-state index is -1.09. The second-order valence-corrected chi connectivity index (χ2v) is 4.63. The molecule has 0 bridgehead atoms. The molecule has 5 heteroatoms. The number of aromatic carboxylic acids is 1. The van der Waals surface area contributed by atoms with Crippen molar-refractivity contribution in [2.24, 2.45) is 0 Å². The molecule has 1 N–H and O–H groups in total. The Morgan fingerprint density at radius 1 is 1.35 bits per heavy atom. The molecule has 0 aliphatic heterocycles. The van der Waals surface area contributed by atoms with Crippen LogP contribution in [0.5, 0.6) is 5.75 Å². The third kappa shape index (κ3) is 2.27. The van der Waals surface area contributed by atoms with E-state index < -0.39 is 5.97 Å². The number of rotatable bonds is 4. The molecule has 5 nitrogen and oxygen atoms in total. The van der Waals surface area contributed by atoms with Crippen molar-refractivity contribution in [3.05, 3.63) is 34.6 Å². The summed E-state index contributed by atoms with van der Waals surface area (Å²) in [5.41, 5.74) is 4.07. The van der Waals surface area contributed by atoms with E-state index in [4.69, 9.17) is 14.4 Å². The Morgan fingerprint density at radius 2 is 1.95 bits per heavy atom. The molecule has 0 spiro atoms. The minimum Gasteiger partial charge on any atom is -0.497 e. The Kier molecular flexibility index (Phi) is 3.79. The predicted molar refractivity (Wildman–Crippen MR) is 74.3 cm³/mol. The monoisotopic (exact) mass is 275 g/mol. The Morgan fingerprint density at radius 3 is 2.40 bits per heavy atom. The number of carbonyl (C=O) groups is 1. The van der Waals surface area contributed by atoms with Gasteiger partial charge in [0.1, 0.15) is 11.4 Å². The van der Waals surface area contributed by atoms with Crippen molar-refractivity contribution in [3.8, 4) is 17.0 Å². The van der Waals surface area contributed by atoms with Crippen molar-refractivity contribution in [1.29, 1.82) is 0 Å². The van der Waals surface area contributed by atoms with E-state index in [-0.39, 0.29) is 5.76 Å². The molecule has 0 unspecified atom stereocenters. The number of methoxy groups -OCH3 is 1. The molecule has 1 aromatic carbocycles. The summed E-state index contributed by atoms with van der Waals surface area (Å²) in [5.74, 6) is -0.412. The summed E-state index contributed by atoms with van der Waals surface area (Å²) in [5, 5.41) is 13.1. The highest BCUT2D eigenvalue weighted by Gasteiger charge is 2.23. The molecule has 0 amide bonds. The summed E-state index contributed by atoms with van der Waals surface area (Å²) in [7, 11) is 1.62. The number of hydrogen-bond donors (Lipinski definition) is 1. The zero-order valence-corrected chi connectivity index (χ0v) is 12.0. The van der Waals surface area contributed by atoms with E-state index in [1.807, 2.05) is 32.9 Å². The van der Waals surface area contributed by atoms with Crippen LogP contribution in [0, 0.1) is 13.8 Å². The molecule has 0 fully saturated rings. The largest absolute Gasteiger partial charge is 0.497 e. The number of carboxylic acid groups (broad SMARTS) is 1. The van der Waals surface area contributed by atoms with Crippen molar-refractivity contribution in [1.82, 2.24) is 5.16 Å². The summed E-state index contributed by atoms with van der Waals surface area (Å²) in [6, 6.07) is 3.80. The van der Waals surface area contributed by atoms with Crippen LogP contribution >= 0.6 is 0 Å². The maximum atomic E-state index is 11.1. The van der Waals surface area contributed by atoms with Crippen LogP contribution in [0.3, 0.4) is 0 Å². The third-order valence-electron chi connectivity index (χ3n) is 3.31. The lowest BCUT2D eigenvalue weighted by Gasteiger charge is -2.11. The van der Waals surface area contributed by atoms with Gasteiger partial charge in [0.15, 0.2) is 0 Å². The Bertz CT molecular complexity index is 635. The first-order valence-corrected chi connectivity index (χ1v) is 6.37. The lowest BCUT2D eigenvalue weighted by molar-refractivity contribution is 0.0650. The number of hydrogen-bond acceptors (Lipinski definition) is 4. The van der Waals surface area contributed by atoms with Gasteiger partial charge < -0.3 is 14.4 Å². The molecule has 1 aromatic heterocycles. The first-order valence-electron chi connectivity index (χ1n) is 6.37. The van der Waals surface area contributed by atoms with Gasteiger partial charge in [-0.25, -0.2) is 4.79 Å². The Hall–Kier alpha value is -2.30. The van der Waals surface area contributed by atoms with Gasteiger partial charge in [0.05, 0.1) is 7.11 Å². The van der Waals surface area contributed by atoms with Gasteiger partial charge in [0, 0.05) is 11.1 Å². The zero-order valence-electron chi connectivity index (χ0n) is 12.0. The molecule has 1 heterocycles. The summed E-state index contributed by atoms with van der Waals surface area (Å²) in [6.45, 7) is 5.77. The van der Waals surface area contributed by atoms with E-state index in [0.717, 1.165) is 22.4 Å². The van der Waals surface area contributed by atoms with Crippen molar-refractivity contribution in [2.75, 3.05) is 7.11 Å². The average Bonchev–Trinajstić information content (AvgIpc) is 2.81. The van der Waals surface area contributed by atoms with Gasteiger partial charge in [-0.2, -0.15) is 0 Å². The zero-order chi connectivity index (χ0) is 14.9. The molecule has 0 radical (unpaired) electrons. The quantitative estimate of drug-likeness (QED) is 0.927. The molecule has 0 aliphatic rings. The number of benzene rings is 1. The van der Waals surface area contributed by atoms with E-state index >= 15 is 0 Å². The first-order chi connectivity index (χ1) is 9.49. The van der Waals surface area contributed by atoms with Crippen molar-refractivity contribution in [3.63, 3.8) is 0 Å². The molecule has 2 rings (SSSR count). The highest BCUT2D eigenvalue weighted by molar-refractivity contribution is 5.89. The smallest absolute Gasteiger partial charge is 0.375 e. The highest BCUT2D eigenvalue weighted by Crippen LogP contribution is 2.33. The highest BCUT2D eigenvalue weighted by atomic mass is 16.5. The molecular weight excluding hydrogens is 258 g/mol.